The van der Waals surface area contributed by atoms with Crippen LogP contribution in [0.2, 0.25) is 0 Å². The minimum absolute atomic E-state index is 0.272. The molecule has 0 aliphatic heterocycles. The van der Waals surface area contributed by atoms with E-state index in [0.29, 0.717) is 6.07 Å². The van der Waals surface area contributed by atoms with Crippen LogP contribution in [0.5, 0.6) is 0 Å². The predicted octanol–water partition coefficient (Wildman–Crippen LogP) is 3.49. The van der Waals surface area contributed by atoms with Gasteiger partial charge in [-0.25, -0.2) is 9.37 Å². The molecule has 0 aliphatic carbocycles. The maximum atomic E-state index is 13.4. The van der Waals surface area contributed by atoms with Crippen molar-refractivity contribution in [3.8, 4) is 0 Å². The van der Waals surface area contributed by atoms with Gasteiger partial charge in [-0.05, 0) is 24.3 Å². The summed E-state index contributed by atoms with van der Waals surface area (Å²) >= 11 is 0. The number of amides is 1. The standard InChI is InChI=1S/C13H8F4N2O/c14-10-4-2-1-3-9(10)12(20)19-11-7-8(5-6-18-11)13(15,16)17/h1-7H,(H,18,19,20). The van der Waals surface area contributed by atoms with E-state index in [4.69, 9.17) is 0 Å². The Balaban J connectivity index is 2.23. The van der Waals surface area contributed by atoms with E-state index in [1.165, 1.54) is 18.2 Å². The Labute approximate surface area is 111 Å². The third kappa shape index (κ3) is 3.11. The maximum absolute atomic E-state index is 13.4. The van der Waals surface area contributed by atoms with E-state index in [1.807, 2.05) is 0 Å². The normalized spacial score (nSPS) is 11.2. The molecule has 7 heteroatoms. The van der Waals surface area contributed by atoms with Crippen LogP contribution in [0.3, 0.4) is 0 Å². The lowest BCUT2D eigenvalue weighted by atomic mass is 10.2. The van der Waals surface area contributed by atoms with Crippen LogP contribution in [-0.4, -0.2) is 10.9 Å². The highest BCUT2D eigenvalue weighted by Crippen LogP contribution is 2.29. The number of alkyl halides is 3. The number of carbonyl (C=O) groups is 1. The molecule has 1 heterocycles. The van der Waals surface area contributed by atoms with Crippen molar-refractivity contribution in [3.05, 3.63) is 59.5 Å². The molecule has 104 valence electrons. The molecule has 0 saturated carbocycles. The summed E-state index contributed by atoms with van der Waals surface area (Å²) in [6.45, 7) is 0. The molecule has 0 spiro atoms. The summed E-state index contributed by atoms with van der Waals surface area (Å²) in [5.41, 5.74) is -1.22. The van der Waals surface area contributed by atoms with Gasteiger partial charge in [0, 0.05) is 6.20 Å². The van der Waals surface area contributed by atoms with Crippen LogP contribution in [0.15, 0.2) is 42.6 Å². The molecule has 0 fully saturated rings. The van der Waals surface area contributed by atoms with Crippen LogP contribution in [0, 0.1) is 5.82 Å². The number of nitrogens with zero attached hydrogens (tertiary/aromatic N) is 1. The van der Waals surface area contributed by atoms with Gasteiger partial charge in [-0.15, -0.1) is 0 Å². The molecule has 0 atom stereocenters. The molecule has 2 aromatic rings. The van der Waals surface area contributed by atoms with Crippen LogP contribution in [0.25, 0.3) is 0 Å². The number of halogens is 4. The third-order valence-electron chi connectivity index (χ3n) is 2.45. The minimum Gasteiger partial charge on any atom is -0.306 e. The Morgan fingerprint density at radius 2 is 1.85 bits per heavy atom. The van der Waals surface area contributed by atoms with Crippen molar-refractivity contribution in [1.82, 2.24) is 4.98 Å². The second-order valence-corrected chi connectivity index (χ2v) is 3.86. The molecule has 20 heavy (non-hydrogen) atoms. The minimum atomic E-state index is -4.54. The molecule has 0 radical (unpaired) electrons. The summed E-state index contributed by atoms with van der Waals surface area (Å²) in [6, 6.07) is 6.59. The molecular formula is C13H8F4N2O. The van der Waals surface area contributed by atoms with Gasteiger partial charge < -0.3 is 5.32 Å². The molecule has 1 aromatic carbocycles. The highest BCUT2D eigenvalue weighted by molar-refractivity contribution is 6.03. The van der Waals surface area contributed by atoms with E-state index in [0.717, 1.165) is 18.3 Å². The Bertz CT molecular complexity index is 640. The molecule has 0 aliphatic rings. The van der Waals surface area contributed by atoms with Gasteiger partial charge in [0.15, 0.2) is 0 Å². The summed E-state index contributed by atoms with van der Waals surface area (Å²) in [4.78, 5) is 15.3. The predicted molar refractivity (Wildman–Crippen MR) is 63.6 cm³/mol. The van der Waals surface area contributed by atoms with Crippen molar-refractivity contribution in [2.24, 2.45) is 0 Å². The van der Waals surface area contributed by atoms with Crippen molar-refractivity contribution >= 4 is 11.7 Å². The lowest BCUT2D eigenvalue weighted by Gasteiger charge is -2.09. The van der Waals surface area contributed by atoms with Gasteiger partial charge in [-0.3, -0.25) is 4.79 Å². The number of carbonyl (C=O) groups excluding carboxylic acids is 1. The van der Waals surface area contributed by atoms with Crippen LogP contribution >= 0.6 is 0 Å². The van der Waals surface area contributed by atoms with Gasteiger partial charge in [0.05, 0.1) is 11.1 Å². The Kier molecular flexibility index (Phi) is 3.69. The fraction of sp³-hybridized carbons (Fsp3) is 0.0769. The number of nitrogens with one attached hydrogen (secondary N) is 1. The van der Waals surface area contributed by atoms with Gasteiger partial charge >= 0.3 is 6.18 Å². The van der Waals surface area contributed by atoms with Gasteiger partial charge in [0.1, 0.15) is 11.6 Å². The molecule has 1 N–H and O–H groups in total. The number of hydrogen-bond donors (Lipinski definition) is 1. The molecule has 1 amide bonds. The monoisotopic (exact) mass is 284 g/mol. The molecule has 2 rings (SSSR count). The van der Waals surface area contributed by atoms with Crippen LogP contribution < -0.4 is 5.32 Å². The first-order chi connectivity index (χ1) is 9.38. The van der Waals surface area contributed by atoms with E-state index in [-0.39, 0.29) is 11.4 Å². The SMILES string of the molecule is O=C(Nc1cc(C(F)(F)F)ccn1)c1ccccc1F. The Morgan fingerprint density at radius 3 is 2.50 bits per heavy atom. The number of rotatable bonds is 2. The van der Waals surface area contributed by atoms with Crippen molar-refractivity contribution in [3.63, 3.8) is 0 Å². The van der Waals surface area contributed by atoms with Crippen molar-refractivity contribution < 1.29 is 22.4 Å². The van der Waals surface area contributed by atoms with Gasteiger partial charge in [-0.1, -0.05) is 12.1 Å². The number of anilines is 1. The molecule has 0 saturated heterocycles. The smallest absolute Gasteiger partial charge is 0.306 e. The number of hydrogen-bond acceptors (Lipinski definition) is 2. The fourth-order valence-corrected chi connectivity index (χ4v) is 1.50. The third-order valence-corrected chi connectivity index (χ3v) is 2.45. The summed E-state index contributed by atoms with van der Waals surface area (Å²) < 4.78 is 50.8. The number of pyridine rings is 1. The largest absolute Gasteiger partial charge is 0.416 e. The quantitative estimate of drug-likeness (QED) is 0.858. The second kappa shape index (κ2) is 5.28. The molecule has 0 bridgehead atoms. The first kappa shape index (κ1) is 14.0. The van der Waals surface area contributed by atoms with Gasteiger partial charge in [0.25, 0.3) is 5.91 Å². The fourth-order valence-electron chi connectivity index (χ4n) is 1.50. The van der Waals surface area contributed by atoms with Crippen molar-refractivity contribution in [1.29, 1.82) is 0 Å². The summed E-state index contributed by atoms with van der Waals surface area (Å²) in [5, 5.41) is 2.12. The van der Waals surface area contributed by atoms with Crippen molar-refractivity contribution in [2.75, 3.05) is 5.32 Å². The topological polar surface area (TPSA) is 42.0 Å². The van der Waals surface area contributed by atoms with Gasteiger partial charge in [-0.2, -0.15) is 13.2 Å². The highest BCUT2D eigenvalue weighted by atomic mass is 19.4. The lowest BCUT2D eigenvalue weighted by molar-refractivity contribution is -0.137. The number of benzene rings is 1. The second-order valence-electron chi connectivity index (χ2n) is 3.86. The van der Waals surface area contributed by atoms with Crippen molar-refractivity contribution in [2.45, 2.75) is 6.18 Å². The first-order valence-electron chi connectivity index (χ1n) is 5.47. The molecule has 1 aromatic heterocycles. The van der Waals surface area contributed by atoms with E-state index in [2.05, 4.69) is 10.3 Å². The Morgan fingerprint density at radius 1 is 1.15 bits per heavy atom. The maximum Gasteiger partial charge on any atom is 0.416 e. The number of aromatic nitrogens is 1. The summed E-state index contributed by atoms with van der Waals surface area (Å²) in [6.07, 6.45) is -3.62. The van der Waals surface area contributed by atoms with Crippen LogP contribution in [0.4, 0.5) is 23.4 Å². The highest BCUT2D eigenvalue weighted by Gasteiger charge is 2.30. The average Bonchev–Trinajstić information content (AvgIpc) is 2.38. The van der Waals surface area contributed by atoms with Crippen LogP contribution in [-0.2, 0) is 6.18 Å². The molecule has 0 unspecified atom stereocenters. The average molecular weight is 284 g/mol. The summed E-state index contributed by atoms with van der Waals surface area (Å²) in [7, 11) is 0. The molecular weight excluding hydrogens is 276 g/mol. The lowest BCUT2D eigenvalue weighted by Crippen LogP contribution is -2.15. The van der Waals surface area contributed by atoms with Crippen LogP contribution in [0.1, 0.15) is 15.9 Å². The zero-order valence-corrected chi connectivity index (χ0v) is 9.91. The van der Waals surface area contributed by atoms with E-state index in [9.17, 15) is 22.4 Å². The first-order valence-corrected chi connectivity index (χ1v) is 5.47. The zero-order chi connectivity index (χ0) is 14.8. The van der Waals surface area contributed by atoms with E-state index >= 15 is 0 Å². The summed E-state index contributed by atoms with van der Waals surface area (Å²) in [5.74, 6) is -1.93. The zero-order valence-electron chi connectivity index (χ0n) is 9.91. The molecule has 3 nitrogen and oxygen atoms in total. The van der Waals surface area contributed by atoms with Gasteiger partial charge in [0.2, 0.25) is 0 Å². The Hall–Kier alpha value is -2.44. The van der Waals surface area contributed by atoms with E-state index < -0.39 is 23.5 Å². The van der Waals surface area contributed by atoms with E-state index in [1.54, 1.807) is 0 Å².